The normalized spacial score (nSPS) is 25.3. The fraction of sp³-hybridized carbons (Fsp3) is 0.208. The number of allylic oxidation sites excluding steroid dienone is 1. The van der Waals surface area contributed by atoms with E-state index in [1.807, 2.05) is 0 Å². The molecule has 33 heavy (non-hydrogen) atoms. The Morgan fingerprint density at radius 3 is 2.45 bits per heavy atom. The largest absolute Gasteiger partial charge is 0.427 e. The highest BCUT2D eigenvalue weighted by Gasteiger charge is 2.64. The van der Waals surface area contributed by atoms with E-state index in [1.165, 1.54) is 60.6 Å². The van der Waals surface area contributed by atoms with Crippen LogP contribution in [0, 0.1) is 17.7 Å². The fourth-order valence-electron chi connectivity index (χ4n) is 4.73. The number of carbonyl (C=O) groups is 4. The molecule has 2 aromatic carbocycles. The van der Waals surface area contributed by atoms with Crippen LogP contribution in [0.1, 0.15) is 17.3 Å². The molecule has 2 aromatic rings. The van der Waals surface area contributed by atoms with Gasteiger partial charge in [-0.1, -0.05) is 12.1 Å². The van der Waals surface area contributed by atoms with Gasteiger partial charge in [0, 0.05) is 18.7 Å². The molecule has 3 aliphatic rings. The molecule has 0 spiro atoms. The van der Waals surface area contributed by atoms with Gasteiger partial charge in [0.15, 0.2) is 5.78 Å². The number of imide groups is 1. The van der Waals surface area contributed by atoms with Crippen LogP contribution < -0.4 is 9.64 Å². The number of hydrogen-bond donors (Lipinski definition) is 0. The molecule has 5 rings (SSSR count). The zero-order chi connectivity index (χ0) is 23.3. The van der Waals surface area contributed by atoms with Gasteiger partial charge in [0.05, 0.1) is 23.6 Å². The summed E-state index contributed by atoms with van der Waals surface area (Å²) in [6.07, 6.45) is 4.91. The Labute approximate surface area is 187 Å². The van der Waals surface area contributed by atoms with E-state index in [-0.39, 0.29) is 17.0 Å². The number of anilines is 1. The number of ketones is 1. The standard InChI is InChI=1S/C24H18FN3O5/c1-13(29)33-17-9-7-14(8-10-17)22(30)21-20-19(18-6-3-11-26-28(18)21)23(31)27(24(20)32)16-5-2-4-15(25)12-16/h2-12,18-21H,1H3. The van der Waals surface area contributed by atoms with Crippen LogP contribution >= 0.6 is 0 Å². The van der Waals surface area contributed by atoms with Crippen LogP contribution in [0.5, 0.6) is 5.75 Å². The average molecular weight is 447 g/mol. The molecule has 0 aromatic heterocycles. The molecule has 0 saturated carbocycles. The maximum Gasteiger partial charge on any atom is 0.308 e. The highest BCUT2D eigenvalue weighted by molar-refractivity contribution is 6.24. The van der Waals surface area contributed by atoms with Crippen LogP contribution in [0.2, 0.25) is 0 Å². The average Bonchev–Trinajstić information content (AvgIpc) is 3.26. The monoisotopic (exact) mass is 447 g/mol. The summed E-state index contributed by atoms with van der Waals surface area (Å²) in [5.74, 6) is -4.04. The van der Waals surface area contributed by atoms with Gasteiger partial charge in [-0.15, -0.1) is 0 Å². The number of halogens is 1. The van der Waals surface area contributed by atoms with E-state index in [2.05, 4.69) is 5.10 Å². The van der Waals surface area contributed by atoms with Crippen LogP contribution in [0.25, 0.3) is 0 Å². The van der Waals surface area contributed by atoms with E-state index < -0.39 is 53.3 Å². The van der Waals surface area contributed by atoms with Crippen molar-refractivity contribution >= 4 is 35.5 Å². The molecule has 0 N–H and O–H groups in total. The lowest BCUT2D eigenvalue weighted by Crippen LogP contribution is -2.46. The molecule has 166 valence electrons. The second-order valence-electron chi connectivity index (χ2n) is 7.99. The predicted molar refractivity (Wildman–Crippen MR) is 115 cm³/mol. The number of carbonyl (C=O) groups excluding carboxylic acids is 4. The minimum atomic E-state index is -1.02. The van der Waals surface area contributed by atoms with Crippen LogP contribution in [-0.2, 0) is 14.4 Å². The number of hydrazone groups is 1. The van der Waals surface area contributed by atoms with Gasteiger partial charge in [-0.3, -0.25) is 24.2 Å². The van der Waals surface area contributed by atoms with Crippen LogP contribution in [0.4, 0.5) is 10.1 Å². The zero-order valence-electron chi connectivity index (χ0n) is 17.4. The van der Waals surface area contributed by atoms with Crippen molar-refractivity contribution < 1.29 is 28.3 Å². The summed E-state index contributed by atoms with van der Waals surface area (Å²) in [7, 11) is 0. The number of fused-ring (bicyclic) bond motifs is 3. The number of hydrogen-bond acceptors (Lipinski definition) is 7. The number of esters is 1. The minimum absolute atomic E-state index is 0.131. The third-order valence-electron chi connectivity index (χ3n) is 6.03. The van der Waals surface area contributed by atoms with Crippen LogP contribution in [0.3, 0.4) is 0 Å². The third kappa shape index (κ3) is 3.32. The van der Waals surface area contributed by atoms with Gasteiger partial charge in [0.2, 0.25) is 11.8 Å². The van der Waals surface area contributed by atoms with Crippen molar-refractivity contribution in [3.05, 3.63) is 72.1 Å². The predicted octanol–water partition coefficient (Wildman–Crippen LogP) is 2.35. The number of Topliss-reactive ketones (excluding diaryl/α,β-unsaturated/α-hetero) is 1. The van der Waals surface area contributed by atoms with Gasteiger partial charge < -0.3 is 4.74 Å². The number of rotatable bonds is 4. The molecule has 9 heteroatoms. The summed E-state index contributed by atoms with van der Waals surface area (Å²) in [6.45, 7) is 1.27. The highest BCUT2D eigenvalue weighted by atomic mass is 19.1. The molecule has 3 heterocycles. The van der Waals surface area contributed by atoms with Gasteiger partial charge in [-0.25, -0.2) is 9.29 Å². The summed E-state index contributed by atoms with van der Waals surface area (Å²) in [5.41, 5.74) is 0.413. The quantitative estimate of drug-likeness (QED) is 0.309. The maximum atomic E-state index is 13.8. The van der Waals surface area contributed by atoms with Crippen molar-refractivity contribution in [3.63, 3.8) is 0 Å². The highest BCUT2D eigenvalue weighted by Crippen LogP contribution is 2.46. The first kappa shape index (κ1) is 20.7. The lowest BCUT2D eigenvalue weighted by molar-refractivity contribution is -0.132. The Morgan fingerprint density at radius 2 is 1.76 bits per heavy atom. The van der Waals surface area contributed by atoms with E-state index in [4.69, 9.17) is 4.74 Å². The summed E-state index contributed by atoms with van der Waals surface area (Å²) >= 11 is 0. The Kier molecular flexibility index (Phi) is 4.88. The van der Waals surface area contributed by atoms with Crippen molar-refractivity contribution in [2.75, 3.05) is 4.90 Å². The molecular formula is C24H18FN3O5. The van der Waals surface area contributed by atoms with Gasteiger partial charge in [0.25, 0.3) is 0 Å². The van der Waals surface area contributed by atoms with Crippen molar-refractivity contribution in [1.82, 2.24) is 5.01 Å². The molecule has 4 unspecified atom stereocenters. The van der Waals surface area contributed by atoms with Crippen molar-refractivity contribution in [3.8, 4) is 5.75 Å². The molecule has 4 atom stereocenters. The van der Waals surface area contributed by atoms with Crippen LogP contribution in [-0.4, -0.2) is 46.9 Å². The van der Waals surface area contributed by atoms with Crippen LogP contribution in [0.15, 0.2) is 65.8 Å². The number of benzene rings is 2. The number of ether oxygens (including phenoxy) is 1. The van der Waals surface area contributed by atoms with E-state index >= 15 is 0 Å². The number of nitrogens with zero attached hydrogens (tertiary/aromatic N) is 3. The molecule has 0 bridgehead atoms. The van der Waals surface area contributed by atoms with Gasteiger partial charge in [-0.05, 0) is 48.5 Å². The summed E-state index contributed by atoms with van der Waals surface area (Å²) in [6, 6.07) is 9.61. The van der Waals surface area contributed by atoms with E-state index in [0.717, 1.165) is 11.0 Å². The summed E-state index contributed by atoms with van der Waals surface area (Å²) in [5, 5.41) is 5.78. The smallest absolute Gasteiger partial charge is 0.308 e. The van der Waals surface area contributed by atoms with E-state index in [0.29, 0.717) is 0 Å². The van der Waals surface area contributed by atoms with Crippen molar-refractivity contribution in [2.45, 2.75) is 19.0 Å². The Hall–Kier alpha value is -4.14. The lowest BCUT2D eigenvalue weighted by Gasteiger charge is -2.30. The first-order chi connectivity index (χ1) is 15.9. The molecular weight excluding hydrogens is 429 g/mol. The summed E-state index contributed by atoms with van der Waals surface area (Å²) < 4.78 is 18.8. The SMILES string of the molecule is CC(=O)Oc1ccc(C(=O)C2C3C(=O)N(c4cccc(F)c4)C(=O)C3C3C=CC=NN32)cc1. The van der Waals surface area contributed by atoms with Gasteiger partial charge in [-0.2, -0.15) is 5.10 Å². The molecule has 2 fully saturated rings. The third-order valence-corrected chi connectivity index (χ3v) is 6.03. The molecule has 3 aliphatic heterocycles. The topological polar surface area (TPSA) is 96.3 Å². The molecule has 0 radical (unpaired) electrons. The zero-order valence-corrected chi connectivity index (χ0v) is 17.4. The second-order valence-corrected chi connectivity index (χ2v) is 7.99. The van der Waals surface area contributed by atoms with E-state index in [9.17, 15) is 23.6 Å². The summed E-state index contributed by atoms with van der Waals surface area (Å²) in [4.78, 5) is 52.4. The lowest BCUT2D eigenvalue weighted by atomic mass is 9.86. The Morgan fingerprint density at radius 1 is 1.03 bits per heavy atom. The molecule has 2 saturated heterocycles. The first-order valence-electron chi connectivity index (χ1n) is 10.3. The Balaban J connectivity index is 1.52. The minimum Gasteiger partial charge on any atom is -0.427 e. The van der Waals surface area contributed by atoms with E-state index in [1.54, 1.807) is 12.2 Å². The maximum absolute atomic E-state index is 13.8. The molecule has 2 amide bonds. The number of amides is 2. The van der Waals surface area contributed by atoms with Gasteiger partial charge in [0.1, 0.15) is 17.6 Å². The first-order valence-corrected chi connectivity index (χ1v) is 10.3. The molecule has 8 nitrogen and oxygen atoms in total. The fourth-order valence-corrected chi connectivity index (χ4v) is 4.73. The Bertz CT molecular complexity index is 1240. The molecule has 0 aliphatic carbocycles. The van der Waals surface area contributed by atoms with Gasteiger partial charge >= 0.3 is 5.97 Å². The second kappa shape index (κ2) is 7.77. The van der Waals surface area contributed by atoms with Crippen molar-refractivity contribution in [2.24, 2.45) is 16.9 Å². The van der Waals surface area contributed by atoms with Crippen molar-refractivity contribution in [1.29, 1.82) is 0 Å².